The Bertz CT molecular complexity index is 486. The van der Waals surface area contributed by atoms with Crippen LogP contribution in [0, 0.1) is 5.92 Å². The van der Waals surface area contributed by atoms with Gasteiger partial charge in [-0.3, -0.25) is 4.79 Å². The van der Waals surface area contributed by atoms with E-state index in [0.29, 0.717) is 19.1 Å². The van der Waals surface area contributed by atoms with Gasteiger partial charge < -0.3 is 14.8 Å². The molecule has 1 saturated carbocycles. The van der Waals surface area contributed by atoms with Gasteiger partial charge >= 0.3 is 0 Å². The van der Waals surface area contributed by atoms with E-state index >= 15 is 0 Å². The van der Waals surface area contributed by atoms with Crippen molar-refractivity contribution in [2.75, 3.05) is 13.2 Å². The summed E-state index contributed by atoms with van der Waals surface area (Å²) < 4.78 is 11.2. The molecule has 3 rings (SSSR count). The molecule has 1 aliphatic heterocycles. The second kappa shape index (κ2) is 5.19. The molecule has 1 N–H and O–H groups in total. The first kappa shape index (κ1) is 13.6. The molecule has 3 atom stereocenters. The van der Waals surface area contributed by atoms with Crippen molar-refractivity contribution in [3.63, 3.8) is 0 Å². The third-order valence-electron chi connectivity index (χ3n) is 3.93. The summed E-state index contributed by atoms with van der Waals surface area (Å²) in [5, 5.41) is 2.98. The molecule has 1 aliphatic carbocycles. The lowest BCUT2D eigenvalue weighted by Gasteiger charge is -2.17. The van der Waals surface area contributed by atoms with Crippen LogP contribution in [0.5, 0.6) is 0 Å². The van der Waals surface area contributed by atoms with Crippen LogP contribution in [0.2, 0.25) is 0 Å². The molecular formula is C16H21NO3. The minimum absolute atomic E-state index is 0.0390. The van der Waals surface area contributed by atoms with Crippen LogP contribution in [-0.2, 0) is 14.3 Å². The maximum atomic E-state index is 12.1. The maximum absolute atomic E-state index is 12.1. The average molecular weight is 275 g/mol. The molecule has 0 aromatic heterocycles. The highest BCUT2D eigenvalue weighted by Crippen LogP contribution is 2.47. The summed E-state index contributed by atoms with van der Waals surface area (Å²) >= 11 is 0. The van der Waals surface area contributed by atoms with Crippen molar-refractivity contribution in [1.82, 2.24) is 5.32 Å². The fraction of sp³-hybridized carbons (Fsp3) is 0.562. The van der Waals surface area contributed by atoms with Gasteiger partial charge in [0.1, 0.15) is 6.10 Å². The summed E-state index contributed by atoms with van der Waals surface area (Å²) in [6.45, 7) is 4.85. The van der Waals surface area contributed by atoms with Gasteiger partial charge in [0.2, 0.25) is 5.91 Å². The van der Waals surface area contributed by atoms with E-state index in [1.807, 2.05) is 32.0 Å². The number of hydrogen-bond acceptors (Lipinski definition) is 3. The molecule has 0 spiro atoms. The summed E-state index contributed by atoms with van der Waals surface area (Å²) in [4.78, 5) is 12.1. The third-order valence-corrected chi connectivity index (χ3v) is 3.93. The van der Waals surface area contributed by atoms with Crippen LogP contribution < -0.4 is 5.32 Å². The van der Waals surface area contributed by atoms with Crippen molar-refractivity contribution in [3.05, 3.63) is 35.9 Å². The van der Waals surface area contributed by atoms with Crippen molar-refractivity contribution in [2.24, 2.45) is 5.92 Å². The van der Waals surface area contributed by atoms with Gasteiger partial charge in [-0.05, 0) is 31.7 Å². The summed E-state index contributed by atoms with van der Waals surface area (Å²) in [5.74, 6) is 0.106. The Morgan fingerprint density at radius 1 is 1.35 bits per heavy atom. The summed E-state index contributed by atoms with van der Waals surface area (Å²) in [5.41, 5.74) is 1.26. The maximum Gasteiger partial charge on any atom is 0.223 e. The molecule has 2 aliphatic rings. The van der Waals surface area contributed by atoms with E-state index in [4.69, 9.17) is 9.47 Å². The van der Waals surface area contributed by atoms with Gasteiger partial charge in [-0.1, -0.05) is 30.3 Å². The van der Waals surface area contributed by atoms with Crippen molar-refractivity contribution in [2.45, 2.75) is 38.1 Å². The second-order valence-electron chi connectivity index (χ2n) is 6.06. The fourth-order valence-electron chi connectivity index (χ4n) is 2.76. The smallest absolute Gasteiger partial charge is 0.223 e. The first-order valence-electron chi connectivity index (χ1n) is 7.19. The van der Waals surface area contributed by atoms with Crippen LogP contribution in [0.25, 0.3) is 0 Å². The molecule has 4 nitrogen and oxygen atoms in total. The molecule has 2 fully saturated rings. The van der Waals surface area contributed by atoms with Gasteiger partial charge in [0.15, 0.2) is 5.79 Å². The SMILES string of the molecule is CC1(C)OCC(CNC(=O)C2CC2c2ccccc2)O1. The predicted molar refractivity (Wildman–Crippen MR) is 75.2 cm³/mol. The Labute approximate surface area is 119 Å². The van der Waals surface area contributed by atoms with E-state index in [2.05, 4.69) is 17.4 Å². The Morgan fingerprint density at radius 2 is 2.10 bits per heavy atom. The Balaban J connectivity index is 1.45. The van der Waals surface area contributed by atoms with Crippen LogP contribution in [0.3, 0.4) is 0 Å². The molecule has 0 bridgehead atoms. The summed E-state index contributed by atoms with van der Waals surface area (Å²) in [6.07, 6.45) is 0.909. The predicted octanol–water partition coefficient (Wildman–Crippen LogP) is 2.06. The number of carbonyl (C=O) groups is 1. The van der Waals surface area contributed by atoms with E-state index < -0.39 is 5.79 Å². The first-order valence-corrected chi connectivity index (χ1v) is 7.19. The molecule has 0 radical (unpaired) electrons. The molecule has 1 aromatic rings. The van der Waals surface area contributed by atoms with Crippen LogP contribution in [0.15, 0.2) is 30.3 Å². The van der Waals surface area contributed by atoms with Gasteiger partial charge in [0.05, 0.1) is 6.61 Å². The molecule has 1 amide bonds. The lowest BCUT2D eigenvalue weighted by atomic mass is 10.1. The van der Waals surface area contributed by atoms with Gasteiger partial charge in [-0.2, -0.15) is 0 Å². The number of rotatable bonds is 4. The highest BCUT2D eigenvalue weighted by molar-refractivity contribution is 5.82. The van der Waals surface area contributed by atoms with Gasteiger partial charge in [0, 0.05) is 12.5 Å². The summed E-state index contributed by atoms with van der Waals surface area (Å²) in [6, 6.07) is 10.2. The molecule has 1 heterocycles. The molecule has 20 heavy (non-hydrogen) atoms. The first-order chi connectivity index (χ1) is 9.55. The Morgan fingerprint density at radius 3 is 2.75 bits per heavy atom. The van der Waals surface area contributed by atoms with Crippen LogP contribution >= 0.6 is 0 Å². The lowest BCUT2D eigenvalue weighted by Crippen LogP contribution is -2.35. The number of benzene rings is 1. The van der Waals surface area contributed by atoms with E-state index in [-0.39, 0.29) is 17.9 Å². The monoisotopic (exact) mass is 275 g/mol. The average Bonchev–Trinajstić information content (AvgIpc) is 3.16. The Kier molecular flexibility index (Phi) is 3.52. The molecule has 3 unspecified atom stereocenters. The molecule has 108 valence electrons. The topological polar surface area (TPSA) is 47.6 Å². The second-order valence-corrected chi connectivity index (χ2v) is 6.06. The van der Waals surface area contributed by atoms with E-state index in [1.54, 1.807) is 0 Å². The molecule has 1 aromatic carbocycles. The van der Waals surface area contributed by atoms with Crippen LogP contribution in [0.1, 0.15) is 31.7 Å². The minimum atomic E-state index is -0.526. The molecular weight excluding hydrogens is 254 g/mol. The Hall–Kier alpha value is -1.39. The quantitative estimate of drug-likeness (QED) is 0.915. The van der Waals surface area contributed by atoms with Gasteiger partial charge in [-0.15, -0.1) is 0 Å². The largest absolute Gasteiger partial charge is 0.353 e. The van der Waals surface area contributed by atoms with E-state index in [1.165, 1.54) is 5.56 Å². The number of hydrogen-bond donors (Lipinski definition) is 1. The van der Waals surface area contributed by atoms with E-state index in [0.717, 1.165) is 6.42 Å². The van der Waals surface area contributed by atoms with Crippen LogP contribution in [-0.4, -0.2) is 30.9 Å². The number of nitrogens with one attached hydrogen (secondary N) is 1. The van der Waals surface area contributed by atoms with Crippen molar-refractivity contribution in [3.8, 4) is 0 Å². The van der Waals surface area contributed by atoms with Crippen molar-refractivity contribution < 1.29 is 14.3 Å². The molecule has 1 saturated heterocycles. The normalized spacial score (nSPS) is 31.0. The zero-order chi connectivity index (χ0) is 14.2. The third kappa shape index (κ3) is 3.02. The minimum Gasteiger partial charge on any atom is -0.353 e. The standard InChI is InChI=1S/C16H21NO3/c1-16(2)19-10-12(20-16)9-17-15(18)14-8-13(14)11-6-4-3-5-7-11/h3-7,12-14H,8-10H2,1-2H3,(H,17,18). The lowest BCUT2D eigenvalue weighted by molar-refractivity contribution is -0.139. The van der Waals surface area contributed by atoms with Gasteiger partial charge in [0.25, 0.3) is 0 Å². The number of amides is 1. The van der Waals surface area contributed by atoms with Crippen molar-refractivity contribution >= 4 is 5.91 Å². The number of ether oxygens (including phenoxy) is 2. The zero-order valence-electron chi connectivity index (χ0n) is 12.0. The fourth-order valence-corrected chi connectivity index (χ4v) is 2.76. The highest BCUT2D eigenvalue weighted by Gasteiger charge is 2.44. The molecule has 4 heteroatoms. The van der Waals surface area contributed by atoms with E-state index in [9.17, 15) is 4.79 Å². The summed E-state index contributed by atoms with van der Waals surface area (Å²) in [7, 11) is 0. The zero-order valence-corrected chi connectivity index (χ0v) is 12.0. The van der Waals surface area contributed by atoms with Gasteiger partial charge in [-0.25, -0.2) is 0 Å². The number of carbonyl (C=O) groups excluding carboxylic acids is 1. The highest BCUT2D eigenvalue weighted by atomic mass is 16.7. The van der Waals surface area contributed by atoms with Crippen molar-refractivity contribution in [1.29, 1.82) is 0 Å². The van der Waals surface area contributed by atoms with Crippen LogP contribution in [0.4, 0.5) is 0 Å².